The van der Waals surface area contributed by atoms with Crippen LogP contribution in [0.1, 0.15) is 13.8 Å². The van der Waals surface area contributed by atoms with Crippen LogP contribution < -0.4 is 10.6 Å². The van der Waals surface area contributed by atoms with Gasteiger partial charge in [0.25, 0.3) is 0 Å². The smallest absolute Gasteiger partial charge is 0.131 e. The van der Waals surface area contributed by atoms with E-state index in [2.05, 4.69) is 23.7 Å². The maximum absolute atomic E-state index is 5.66. The Hall–Kier alpha value is -1.29. The molecule has 0 saturated carbocycles. The predicted molar refractivity (Wildman–Crippen MR) is 63.0 cm³/mol. The molecule has 0 spiro atoms. The molecule has 0 aromatic carbocycles. The van der Waals surface area contributed by atoms with Crippen LogP contribution in [0.25, 0.3) is 0 Å². The first kappa shape index (κ1) is 11.8. The number of nitrogens with two attached hydrogens (primary N) is 1. The molecule has 1 aromatic heterocycles. The Labute approximate surface area is 91.1 Å². The normalized spacial score (nSPS) is 12.5. The van der Waals surface area contributed by atoms with Gasteiger partial charge in [0.15, 0.2) is 0 Å². The van der Waals surface area contributed by atoms with Crippen LogP contribution in [0.4, 0.5) is 11.6 Å². The Balaban J connectivity index is 2.82. The van der Waals surface area contributed by atoms with Crippen LogP contribution in [-0.4, -0.2) is 31.3 Å². The SMILES string of the molecule is CCN(c1cccc(N)n1)C(C)COC. The molecule has 1 heterocycles. The zero-order valence-electron chi connectivity index (χ0n) is 9.60. The van der Waals surface area contributed by atoms with Gasteiger partial charge >= 0.3 is 0 Å². The topological polar surface area (TPSA) is 51.4 Å². The van der Waals surface area contributed by atoms with Crippen molar-refractivity contribution in [2.24, 2.45) is 0 Å². The van der Waals surface area contributed by atoms with Crippen LogP contribution in [-0.2, 0) is 4.74 Å². The van der Waals surface area contributed by atoms with Crippen molar-refractivity contribution in [3.63, 3.8) is 0 Å². The summed E-state index contributed by atoms with van der Waals surface area (Å²) in [6.07, 6.45) is 0. The van der Waals surface area contributed by atoms with Crippen LogP contribution in [0, 0.1) is 0 Å². The van der Waals surface area contributed by atoms with Gasteiger partial charge in [-0.05, 0) is 26.0 Å². The van der Waals surface area contributed by atoms with Crippen molar-refractivity contribution >= 4 is 11.6 Å². The molecule has 84 valence electrons. The van der Waals surface area contributed by atoms with Crippen LogP contribution >= 0.6 is 0 Å². The first-order valence-corrected chi connectivity index (χ1v) is 5.17. The molecule has 4 heteroatoms. The summed E-state index contributed by atoms with van der Waals surface area (Å²) in [5.41, 5.74) is 5.66. The number of hydrogen-bond donors (Lipinski definition) is 1. The van der Waals surface area contributed by atoms with Crippen molar-refractivity contribution < 1.29 is 4.74 Å². The third-order valence-electron chi connectivity index (χ3n) is 2.33. The molecular weight excluding hydrogens is 190 g/mol. The Morgan fingerprint density at radius 3 is 2.80 bits per heavy atom. The van der Waals surface area contributed by atoms with Crippen molar-refractivity contribution in [3.05, 3.63) is 18.2 Å². The standard InChI is InChI=1S/C11H19N3O/c1-4-14(9(2)8-15-3)11-7-5-6-10(12)13-11/h5-7,9H,4,8H2,1-3H3,(H2,12,13). The number of rotatable bonds is 5. The number of aromatic nitrogens is 1. The molecular formula is C11H19N3O. The minimum atomic E-state index is 0.300. The summed E-state index contributed by atoms with van der Waals surface area (Å²) in [5.74, 6) is 1.46. The molecule has 0 fully saturated rings. The fourth-order valence-electron chi connectivity index (χ4n) is 1.63. The lowest BCUT2D eigenvalue weighted by Crippen LogP contribution is -2.36. The first-order chi connectivity index (χ1) is 7.19. The summed E-state index contributed by atoms with van der Waals surface area (Å²) in [4.78, 5) is 6.46. The second-order valence-corrected chi connectivity index (χ2v) is 3.51. The van der Waals surface area contributed by atoms with E-state index in [1.54, 1.807) is 13.2 Å². The molecule has 1 rings (SSSR count). The fraction of sp³-hybridized carbons (Fsp3) is 0.545. The predicted octanol–water partition coefficient (Wildman–Crippen LogP) is 1.52. The molecule has 0 amide bonds. The Bertz CT molecular complexity index is 304. The minimum absolute atomic E-state index is 0.300. The lowest BCUT2D eigenvalue weighted by Gasteiger charge is -2.28. The maximum Gasteiger partial charge on any atom is 0.131 e. The van der Waals surface area contributed by atoms with Crippen molar-refractivity contribution in [1.29, 1.82) is 0 Å². The summed E-state index contributed by atoms with van der Waals surface area (Å²) in [6, 6.07) is 5.97. The van der Waals surface area contributed by atoms with Crippen molar-refractivity contribution in [1.82, 2.24) is 4.98 Å². The molecule has 0 aliphatic heterocycles. The highest BCUT2D eigenvalue weighted by Gasteiger charge is 2.13. The fourth-order valence-corrected chi connectivity index (χ4v) is 1.63. The zero-order chi connectivity index (χ0) is 11.3. The Kier molecular flexibility index (Phi) is 4.37. The quantitative estimate of drug-likeness (QED) is 0.799. The molecule has 0 aliphatic rings. The van der Waals surface area contributed by atoms with E-state index in [4.69, 9.17) is 10.5 Å². The van der Waals surface area contributed by atoms with Gasteiger partial charge in [0.2, 0.25) is 0 Å². The van der Waals surface area contributed by atoms with Crippen LogP contribution in [0.3, 0.4) is 0 Å². The average Bonchev–Trinajstić information content (AvgIpc) is 2.19. The summed E-state index contributed by atoms with van der Waals surface area (Å²) < 4.78 is 5.14. The summed E-state index contributed by atoms with van der Waals surface area (Å²) in [5, 5.41) is 0. The van der Waals surface area contributed by atoms with Crippen molar-refractivity contribution in [2.45, 2.75) is 19.9 Å². The van der Waals surface area contributed by atoms with Gasteiger partial charge in [-0.2, -0.15) is 0 Å². The van der Waals surface area contributed by atoms with E-state index in [0.29, 0.717) is 18.5 Å². The molecule has 1 unspecified atom stereocenters. The molecule has 0 bridgehead atoms. The van der Waals surface area contributed by atoms with Crippen molar-refractivity contribution in [2.75, 3.05) is 30.9 Å². The third kappa shape index (κ3) is 3.09. The molecule has 2 N–H and O–H groups in total. The number of pyridine rings is 1. The maximum atomic E-state index is 5.66. The lowest BCUT2D eigenvalue weighted by atomic mass is 10.3. The second-order valence-electron chi connectivity index (χ2n) is 3.51. The Morgan fingerprint density at radius 1 is 1.53 bits per heavy atom. The largest absolute Gasteiger partial charge is 0.384 e. The van der Waals surface area contributed by atoms with Gasteiger partial charge in [0.05, 0.1) is 12.6 Å². The van der Waals surface area contributed by atoms with E-state index >= 15 is 0 Å². The number of methoxy groups -OCH3 is 1. The highest BCUT2D eigenvalue weighted by atomic mass is 16.5. The van der Waals surface area contributed by atoms with Crippen LogP contribution in [0.15, 0.2) is 18.2 Å². The number of nitrogens with zero attached hydrogens (tertiary/aromatic N) is 2. The third-order valence-corrected chi connectivity index (χ3v) is 2.33. The van der Waals surface area contributed by atoms with Gasteiger partial charge in [-0.1, -0.05) is 6.07 Å². The number of anilines is 2. The molecule has 1 atom stereocenters. The van der Waals surface area contributed by atoms with E-state index in [9.17, 15) is 0 Å². The van der Waals surface area contributed by atoms with Gasteiger partial charge in [-0.25, -0.2) is 4.98 Å². The van der Waals surface area contributed by atoms with E-state index in [-0.39, 0.29) is 0 Å². The number of hydrogen-bond acceptors (Lipinski definition) is 4. The number of ether oxygens (including phenoxy) is 1. The van der Waals surface area contributed by atoms with Gasteiger partial charge in [-0.15, -0.1) is 0 Å². The van der Waals surface area contributed by atoms with Crippen LogP contribution in [0.5, 0.6) is 0 Å². The van der Waals surface area contributed by atoms with Gasteiger partial charge in [0, 0.05) is 13.7 Å². The highest BCUT2D eigenvalue weighted by molar-refractivity contribution is 5.45. The van der Waals surface area contributed by atoms with E-state index in [1.807, 2.05) is 12.1 Å². The van der Waals surface area contributed by atoms with Crippen LogP contribution in [0.2, 0.25) is 0 Å². The Morgan fingerprint density at radius 2 is 2.27 bits per heavy atom. The van der Waals surface area contributed by atoms with E-state index < -0.39 is 0 Å². The van der Waals surface area contributed by atoms with E-state index in [1.165, 1.54) is 0 Å². The summed E-state index contributed by atoms with van der Waals surface area (Å²) >= 11 is 0. The first-order valence-electron chi connectivity index (χ1n) is 5.17. The molecule has 0 aliphatic carbocycles. The molecule has 0 radical (unpaired) electrons. The van der Waals surface area contributed by atoms with Crippen molar-refractivity contribution in [3.8, 4) is 0 Å². The van der Waals surface area contributed by atoms with Gasteiger partial charge < -0.3 is 15.4 Å². The number of likely N-dealkylation sites (N-methyl/N-ethyl adjacent to an activating group) is 1. The van der Waals surface area contributed by atoms with Gasteiger partial charge in [-0.3, -0.25) is 0 Å². The summed E-state index contributed by atoms with van der Waals surface area (Å²) in [6.45, 7) is 5.78. The van der Waals surface area contributed by atoms with E-state index in [0.717, 1.165) is 12.4 Å². The van der Waals surface area contributed by atoms with Gasteiger partial charge in [0.1, 0.15) is 11.6 Å². The molecule has 4 nitrogen and oxygen atoms in total. The summed E-state index contributed by atoms with van der Waals surface area (Å²) in [7, 11) is 1.71. The molecule has 0 saturated heterocycles. The zero-order valence-corrected chi connectivity index (χ0v) is 9.60. The average molecular weight is 209 g/mol. The lowest BCUT2D eigenvalue weighted by molar-refractivity contribution is 0.181. The monoisotopic (exact) mass is 209 g/mol. The second kappa shape index (κ2) is 5.56. The minimum Gasteiger partial charge on any atom is -0.384 e. The molecule has 1 aromatic rings. The highest BCUT2D eigenvalue weighted by Crippen LogP contribution is 2.15. The number of nitrogen functional groups attached to an aromatic ring is 1. The molecule has 15 heavy (non-hydrogen) atoms.